The van der Waals surface area contributed by atoms with E-state index in [0.29, 0.717) is 46.0 Å². The number of para-hydroxylation sites is 4. The van der Waals surface area contributed by atoms with Crippen LogP contribution < -0.4 is 50.1 Å². The highest BCUT2D eigenvalue weighted by Gasteiger charge is 2.47. The molecule has 0 bridgehead atoms. The first kappa shape index (κ1) is 22.8. The SMILES string of the molecule is CC(C)c1c2c(cc3c1Oc1cccc4c1B3Oc1ccccc1O4)B1Oc3ccccc3Oc3cccc(c31)O2. The van der Waals surface area contributed by atoms with Crippen LogP contribution in [-0.4, -0.2) is 13.8 Å². The maximum absolute atomic E-state index is 6.76. The predicted molar refractivity (Wildman–Crippen MR) is 158 cm³/mol. The standard InChI is InChI=1S/C33H22B2O6/c1-18(2)29-32-19(34-30-25(13-7-15-27(30)38-32)36-21-9-3-5-11-23(21)40-34)17-20-33(29)39-28-16-8-14-26-31(28)35(20)41-24-12-6-4-10-22(24)37-26/h3-18H,1-2H3. The molecule has 0 saturated heterocycles. The Kier molecular flexibility index (Phi) is 4.60. The fraction of sp³-hybridized carbons (Fsp3) is 0.0909. The summed E-state index contributed by atoms with van der Waals surface area (Å²) >= 11 is 0. The van der Waals surface area contributed by atoms with Crippen molar-refractivity contribution in [2.75, 3.05) is 0 Å². The van der Waals surface area contributed by atoms with Crippen molar-refractivity contribution in [3.8, 4) is 57.5 Å². The summed E-state index contributed by atoms with van der Waals surface area (Å²) in [5.74, 6) is 7.10. The molecule has 0 fully saturated rings. The lowest BCUT2D eigenvalue weighted by molar-refractivity contribution is 0.442. The van der Waals surface area contributed by atoms with Crippen molar-refractivity contribution in [1.29, 1.82) is 0 Å². The van der Waals surface area contributed by atoms with Crippen LogP contribution in [0.3, 0.4) is 0 Å². The van der Waals surface area contributed by atoms with Gasteiger partial charge in [0.15, 0.2) is 11.5 Å². The summed E-state index contributed by atoms with van der Waals surface area (Å²) in [4.78, 5) is 0. The Morgan fingerprint density at radius 1 is 0.463 bits per heavy atom. The van der Waals surface area contributed by atoms with E-state index in [2.05, 4.69) is 19.9 Å². The molecule has 196 valence electrons. The highest BCUT2D eigenvalue weighted by atomic mass is 16.5. The van der Waals surface area contributed by atoms with Gasteiger partial charge in [-0.25, -0.2) is 0 Å². The smallest absolute Gasteiger partial charge is 0.438 e. The van der Waals surface area contributed by atoms with Gasteiger partial charge in [0, 0.05) is 16.5 Å². The molecule has 8 heteroatoms. The predicted octanol–water partition coefficient (Wildman–Crippen LogP) is 5.60. The van der Waals surface area contributed by atoms with E-state index in [1.165, 1.54) is 0 Å². The summed E-state index contributed by atoms with van der Waals surface area (Å²) in [7, 11) is 0. The Labute approximate surface area is 237 Å². The van der Waals surface area contributed by atoms with Crippen molar-refractivity contribution in [1.82, 2.24) is 0 Å². The van der Waals surface area contributed by atoms with Gasteiger partial charge in [-0.1, -0.05) is 56.3 Å². The molecule has 0 spiro atoms. The zero-order valence-electron chi connectivity index (χ0n) is 22.3. The van der Waals surface area contributed by atoms with Crippen LogP contribution in [0, 0.1) is 0 Å². The molecule has 0 radical (unpaired) electrons. The van der Waals surface area contributed by atoms with Crippen LogP contribution in [0.5, 0.6) is 57.5 Å². The van der Waals surface area contributed by atoms with Crippen molar-refractivity contribution in [2.24, 2.45) is 0 Å². The highest BCUT2D eigenvalue weighted by Crippen LogP contribution is 2.45. The van der Waals surface area contributed by atoms with Gasteiger partial charge in [-0.2, -0.15) is 0 Å². The van der Waals surface area contributed by atoms with Crippen molar-refractivity contribution >= 4 is 35.7 Å². The third kappa shape index (κ3) is 3.21. The average molecular weight is 536 g/mol. The second-order valence-electron chi connectivity index (χ2n) is 10.9. The number of benzene rings is 5. The van der Waals surface area contributed by atoms with E-state index in [1.807, 2.05) is 84.9 Å². The second-order valence-corrected chi connectivity index (χ2v) is 10.9. The van der Waals surface area contributed by atoms with E-state index < -0.39 is 13.8 Å². The second kappa shape index (κ2) is 8.27. The third-order valence-corrected chi connectivity index (χ3v) is 8.10. The molecule has 0 amide bonds. The summed E-state index contributed by atoms with van der Waals surface area (Å²) < 4.78 is 39.6. The molecule has 0 unspecified atom stereocenters. The Morgan fingerprint density at radius 3 is 1.29 bits per heavy atom. The topological polar surface area (TPSA) is 55.4 Å². The number of hydrogen-bond acceptors (Lipinski definition) is 6. The Hall–Kier alpha value is -4.97. The molecule has 0 N–H and O–H groups in total. The molecule has 6 nitrogen and oxygen atoms in total. The van der Waals surface area contributed by atoms with E-state index in [9.17, 15) is 0 Å². The van der Waals surface area contributed by atoms with E-state index in [4.69, 9.17) is 28.3 Å². The van der Waals surface area contributed by atoms with Gasteiger partial charge in [-0.3, -0.25) is 0 Å². The molecule has 41 heavy (non-hydrogen) atoms. The van der Waals surface area contributed by atoms with Crippen LogP contribution in [0.4, 0.5) is 0 Å². The van der Waals surface area contributed by atoms with Gasteiger partial charge in [0.25, 0.3) is 0 Å². The number of hydrogen-bond donors (Lipinski definition) is 0. The molecule has 5 aromatic carbocycles. The zero-order chi connectivity index (χ0) is 27.2. The first-order chi connectivity index (χ1) is 20.1. The Balaban J connectivity index is 1.31. The minimum atomic E-state index is -0.456. The average Bonchev–Trinajstić information content (AvgIpc) is 3.26. The van der Waals surface area contributed by atoms with Gasteiger partial charge >= 0.3 is 13.8 Å². The van der Waals surface area contributed by atoms with Gasteiger partial charge in [0.1, 0.15) is 46.0 Å². The molecular weight excluding hydrogens is 514 g/mol. The minimum Gasteiger partial charge on any atom is -0.549 e. The van der Waals surface area contributed by atoms with Crippen molar-refractivity contribution in [3.05, 3.63) is 96.6 Å². The van der Waals surface area contributed by atoms with Crippen molar-refractivity contribution < 1.29 is 28.3 Å². The Bertz CT molecular complexity index is 1790. The van der Waals surface area contributed by atoms with Gasteiger partial charge < -0.3 is 28.3 Å². The number of fused-ring (bicyclic) bond motifs is 6. The number of ether oxygens (including phenoxy) is 4. The maximum Gasteiger partial charge on any atom is 0.438 e. The Morgan fingerprint density at radius 2 is 0.854 bits per heavy atom. The van der Waals surface area contributed by atoms with Crippen molar-refractivity contribution in [3.63, 3.8) is 0 Å². The highest BCUT2D eigenvalue weighted by molar-refractivity contribution is 6.86. The zero-order valence-corrected chi connectivity index (χ0v) is 22.3. The van der Waals surface area contributed by atoms with E-state index in [-0.39, 0.29) is 5.92 Å². The molecule has 0 saturated carbocycles. The quantitative estimate of drug-likeness (QED) is 0.260. The van der Waals surface area contributed by atoms with E-state index >= 15 is 0 Å². The normalized spacial score (nSPS) is 14.4. The molecule has 5 aromatic rings. The fourth-order valence-corrected chi connectivity index (χ4v) is 6.31. The third-order valence-electron chi connectivity index (χ3n) is 8.10. The van der Waals surface area contributed by atoms with Crippen LogP contribution in [0.15, 0.2) is 91.0 Å². The lowest BCUT2D eigenvalue weighted by Crippen LogP contribution is -2.56. The maximum atomic E-state index is 6.76. The molecule has 9 rings (SSSR count). The molecule has 4 aliphatic rings. The lowest BCUT2D eigenvalue weighted by atomic mass is 9.48. The number of rotatable bonds is 1. The summed E-state index contributed by atoms with van der Waals surface area (Å²) in [5.41, 5.74) is 4.49. The van der Waals surface area contributed by atoms with Gasteiger partial charge in [-0.05, 0) is 54.4 Å². The molecule has 4 heterocycles. The van der Waals surface area contributed by atoms with Gasteiger partial charge in [0.2, 0.25) is 0 Å². The molecule has 0 aromatic heterocycles. The summed E-state index contributed by atoms with van der Waals surface area (Å²) in [6.07, 6.45) is 0. The summed E-state index contributed by atoms with van der Waals surface area (Å²) in [5, 5.41) is 0. The minimum absolute atomic E-state index is 0.0804. The fourth-order valence-electron chi connectivity index (χ4n) is 6.31. The first-order valence-electron chi connectivity index (χ1n) is 13.8. The molecular formula is C33H22B2O6. The summed E-state index contributed by atoms with van der Waals surface area (Å²) in [6.45, 7) is 3.39. The monoisotopic (exact) mass is 536 g/mol. The largest absolute Gasteiger partial charge is 0.549 e. The van der Waals surface area contributed by atoms with Crippen molar-refractivity contribution in [2.45, 2.75) is 19.8 Å². The van der Waals surface area contributed by atoms with E-state index in [1.54, 1.807) is 0 Å². The van der Waals surface area contributed by atoms with Crippen LogP contribution in [0.25, 0.3) is 0 Å². The van der Waals surface area contributed by atoms with Crippen LogP contribution in [0.1, 0.15) is 25.3 Å². The molecule has 0 atom stereocenters. The van der Waals surface area contributed by atoms with Gasteiger partial charge in [0.05, 0.1) is 10.9 Å². The van der Waals surface area contributed by atoms with Gasteiger partial charge in [-0.15, -0.1) is 0 Å². The molecule has 4 aliphatic heterocycles. The van der Waals surface area contributed by atoms with Crippen LogP contribution >= 0.6 is 0 Å². The van der Waals surface area contributed by atoms with E-state index in [0.717, 1.165) is 38.9 Å². The first-order valence-corrected chi connectivity index (χ1v) is 13.8. The summed E-state index contributed by atoms with van der Waals surface area (Å²) in [6, 6.07) is 29.4. The van der Waals surface area contributed by atoms with Crippen LogP contribution in [-0.2, 0) is 0 Å². The lowest BCUT2D eigenvalue weighted by Gasteiger charge is -2.33. The molecule has 0 aliphatic carbocycles. The van der Waals surface area contributed by atoms with Crippen LogP contribution in [0.2, 0.25) is 0 Å².